The molecule has 3 aromatic rings. The first-order chi connectivity index (χ1) is 16.1. The zero-order chi connectivity index (χ0) is 24.1. The number of halogens is 4. The molecule has 0 atom stereocenters. The molecule has 1 saturated heterocycles. The molecule has 5 rings (SSSR count). The SMILES string of the molecule is O=S(=O)(NC1CCN(c2nc(C(F)(F)F)nc3cc4c(cc23)OCO4)CC1)c1ccc(F)cc1. The molecule has 180 valence electrons. The Hall–Kier alpha value is -3.19. The lowest BCUT2D eigenvalue weighted by atomic mass is 10.1. The van der Waals surface area contributed by atoms with Gasteiger partial charge in [-0.25, -0.2) is 27.5 Å². The van der Waals surface area contributed by atoms with Crippen molar-refractivity contribution in [2.45, 2.75) is 30.0 Å². The molecular formula is C21H18F4N4O4S. The maximum absolute atomic E-state index is 13.5. The summed E-state index contributed by atoms with van der Waals surface area (Å²) in [6, 6.07) is 6.95. The van der Waals surface area contributed by atoms with Crippen molar-refractivity contribution in [3.8, 4) is 11.5 Å². The summed E-state index contributed by atoms with van der Waals surface area (Å²) in [4.78, 5) is 9.07. The minimum absolute atomic E-state index is 0.0415. The van der Waals surface area contributed by atoms with Gasteiger partial charge in [-0.15, -0.1) is 0 Å². The Morgan fingerprint density at radius 2 is 1.65 bits per heavy atom. The number of benzene rings is 2. The van der Waals surface area contributed by atoms with Gasteiger partial charge in [-0.3, -0.25) is 0 Å². The van der Waals surface area contributed by atoms with Crippen molar-refractivity contribution in [1.29, 1.82) is 0 Å². The van der Waals surface area contributed by atoms with Gasteiger partial charge in [0.05, 0.1) is 10.4 Å². The van der Waals surface area contributed by atoms with Crippen molar-refractivity contribution in [1.82, 2.24) is 14.7 Å². The predicted molar refractivity (Wildman–Crippen MR) is 113 cm³/mol. The van der Waals surface area contributed by atoms with E-state index in [1.807, 2.05) is 0 Å². The molecule has 3 heterocycles. The van der Waals surface area contributed by atoms with Gasteiger partial charge in [-0.1, -0.05) is 0 Å². The second kappa shape index (κ2) is 8.24. The first-order valence-corrected chi connectivity index (χ1v) is 11.8. The number of piperidine rings is 1. The van der Waals surface area contributed by atoms with Crippen molar-refractivity contribution >= 4 is 26.7 Å². The second-order valence-corrected chi connectivity index (χ2v) is 9.64. The Balaban J connectivity index is 1.39. The number of nitrogens with zero attached hydrogens (tertiary/aromatic N) is 3. The molecule has 1 aromatic heterocycles. The molecule has 2 aliphatic heterocycles. The lowest BCUT2D eigenvalue weighted by Gasteiger charge is -2.33. The van der Waals surface area contributed by atoms with E-state index in [-0.39, 0.29) is 36.1 Å². The standard InChI is InChI=1S/C21H18F4N4O4S/c22-12-1-3-14(4-2-12)34(30,31)28-13-5-7-29(8-6-13)19-15-9-17-18(33-11-32-17)10-16(15)26-20(27-19)21(23,24)25/h1-4,9-10,13,28H,5-8,11H2. The quantitative estimate of drug-likeness (QED) is 0.551. The first kappa shape index (κ1) is 22.6. The molecule has 2 aliphatic rings. The minimum Gasteiger partial charge on any atom is -0.454 e. The highest BCUT2D eigenvalue weighted by Crippen LogP contribution is 2.40. The lowest BCUT2D eigenvalue weighted by molar-refractivity contribution is -0.144. The lowest BCUT2D eigenvalue weighted by Crippen LogP contribution is -2.45. The van der Waals surface area contributed by atoms with Crippen LogP contribution in [0, 0.1) is 5.82 Å². The molecule has 8 nitrogen and oxygen atoms in total. The predicted octanol–water partition coefficient (Wildman–Crippen LogP) is 3.46. The molecule has 0 aliphatic carbocycles. The number of rotatable bonds is 4. The van der Waals surface area contributed by atoms with E-state index >= 15 is 0 Å². The summed E-state index contributed by atoms with van der Waals surface area (Å²) in [6.07, 6.45) is -4.09. The van der Waals surface area contributed by atoms with Crippen LogP contribution in [0.1, 0.15) is 18.7 Å². The van der Waals surface area contributed by atoms with E-state index in [9.17, 15) is 26.0 Å². The van der Waals surface area contributed by atoms with Gasteiger partial charge < -0.3 is 14.4 Å². The van der Waals surface area contributed by atoms with Crippen LogP contribution >= 0.6 is 0 Å². The zero-order valence-electron chi connectivity index (χ0n) is 17.5. The third-order valence-electron chi connectivity index (χ3n) is 5.66. The van der Waals surface area contributed by atoms with Crippen molar-refractivity contribution in [3.05, 3.63) is 48.0 Å². The Morgan fingerprint density at radius 3 is 2.29 bits per heavy atom. The molecule has 1 N–H and O–H groups in total. The normalized spacial score (nSPS) is 16.9. The molecule has 34 heavy (non-hydrogen) atoms. The number of hydrogen-bond donors (Lipinski definition) is 1. The maximum atomic E-state index is 13.5. The summed E-state index contributed by atoms with van der Waals surface area (Å²) in [5.74, 6) is -1.04. The van der Waals surface area contributed by atoms with Gasteiger partial charge >= 0.3 is 6.18 Å². The van der Waals surface area contributed by atoms with E-state index in [1.54, 1.807) is 11.0 Å². The maximum Gasteiger partial charge on any atom is 0.451 e. The van der Waals surface area contributed by atoms with Gasteiger partial charge in [0.15, 0.2) is 11.5 Å². The molecule has 13 heteroatoms. The number of aromatic nitrogens is 2. The highest BCUT2D eigenvalue weighted by molar-refractivity contribution is 7.89. The highest BCUT2D eigenvalue weighted by Gasteiger charge is 2.37. The summed E-state index contributed by atoms with van der Waals surface area (Å²) >= 11 is 0. The molecular weight excluding hydrogens is 480 g/mol. The summed E-state index contributed by atoms with van der Waals surface area (Å²) in [5.41, 5.74) is 0.0701. The van der Waals surface area contributed by atoms with E-state index in [2.05, 4.69) is 14.7 Å². The summed E-state index contributed by atoms with van der Waals surface area (Å²) in [6.45, 7) is 0.475. The van der Waals surface area contributed by atoms with Crippen LogP contribution in [-0.2, 0) is 16.2 Å². The Bertz CT molecular complexity index is 1340. The second-order valence-electron chi connectivity index (χ2n) is 7.93. The molecule has 0 saturated carbocycles. The average Bonchev–Trinajstić information content (AvgIpc) is 3.24. The largest absolute Gasteiger partial charge is 0.454 e. The number of anilines is 1. The Kier molecular flexibility index (Phi) is 5.47. The van der Waals surface area contributed by atoms with Gasteiger partial charge in [0.25, 0.3) is 0 Å². The van der Waals surface area contributed by atoms with Gasteiger partial charge in [-0.2, -0.15) is 13.2 Å². The van der Waals surface area contributed by atoms with E-state index in [1.165, 1.54) is 18.2 Å². The van der Waals surface area contributed by atoms with E-state index in [0.717, 1.165) is 12.1 Å². The van der Waals surface area contributed by atoms with Crippen LogP contribution in [0.2, 0.25) is 0 Å². The van der Waals surface area contributed by atoms with Crippen LogP contribution in [0.15, 0.2) is 41.3 Å². The fourth-order valence-corrected chi connectivity index (χ4v) is 5.29. The fraction of sp³-hybridized carbons (Fsp3) is 0.333. The third-order valence-corrected chi connectivity index (χ3v) is 7.20. The third kappa shape index (κ3) is 4.32. The number of nitrogens with one attached hydrogen (secondary N) is 1. The zero-order valence-corrected chi connectivity index (χ0v) is 18.3. The van der Waals surface area contributed by atoms with Crippen LogP contribution in [0.3, 0.4) is 0 Å². The van der Waals surface area contributed by atoms with Gasteiger partial charge in [-0.05, 0) is 43.2 Å². The van der Waals surface area contributed by atoms with Crippen molar-refractivity contribution in [2.24, 2.45) is 0 Å². The van der Waals surface area contributed by atoms with Gasteiger partial charge in [0.1, 0.15) is 11.6 Å². The van der Waals surface area contributed by atoms with E-state index in [4.69, 9.17) is 9.47 Å². The molecule has 0 spiro atoms. The van der Waals surface area contributed by atoms with Gasteiger partial charge in [0, 0.05) is 30.6 Å². The number of alkyl halides is 3. The monoisotopic (exact) mass is 498 g/mol. The van der Waals surface area contributed by atoms with Crippen molar-refractivity contribution < 1.29 is 35.5 Å². The topological polar surface area (TPSA) is 93.7 Å². The van der Waals surface area contributed by atoms with Crippen LogP contribution in [0.25, 0.3) is 10.9 Å². The van der Waals surface area contributed by atoms with Crippen LogP contribution < -0.4 is 19.1 Å². The fourth-order valence-electron chi connectivity index (χ4n) is 3.98. The van der Waals surface area contributed by atoms with Crippen LogP contribution in [0.5, 0.6) is 11.5 Å². The average molecular weight is 498 g/mol. The molecule has 1 fully saturated rings. The number of ether oxygens (including phenoxy) is 2. The Labute approximate surface area is 191 Å². The minimum atomic E-state index is -4.75. The summed E-state index contributed by atoms with van der Waals surface area (Å²) in [5, 5.41) is 0.377. The van der Waals surface area contributed by atoms with Gasteiger partial charge in [0.2, 0.25) is 22.6 Å². The number of sulfonamides is 1. The molecule has 0 unspecified atom stereocenters. The number of hydrogen-bond acceptors (Lipinski definition) is 7. The first-order valence-electron chi connectivity index (χ1n) is 10.3. The van der Waals surface area contributed by atoms with E-state index in [0.29, 0.717) is 29.7 Å². The highest BCUT2D eigenvalue weighted by atomic mass is 32.2. The summed E-state index contributed by atoms with van der Waals surface area (Å²) in [7, 11) is -3.87. The smallest absolute Gasteiger partial charge is 0.451 e. The molecule has 0 bridgehead atoms. The molecule has 0 amide bonds. The van der Waals surface area contributed by atoms with Crippen LogP contribution in [0.4, 0.5) is 23.4 Å². The van der Waals surface area contributed by atoms with Crippen LogP contribution in [-0.4, -0.2) is 44.3 Å². The van der Waals surface area contributed by atoms with Crippen molar-refractivity contribution in [3.63, 3.8) is 0 Å². The molecule has 0 radical (unpaired) electrons. The Morgan fingerprint density at radius 1 is 1.00 bits per heavy atom. The van der Waals surface area contributed by atoms with Crippen molar-refractivity contribution in [2.75, 3.05) is 24.8 Å². The number of fused-ring (bicyclic) bond motifs is 2. The molecule has 2 aromatic carbocycles. The van der Waals surface area contributed by atoms with E-state index < -0.39 is 33.9 Å². The summed E-state index contributed by atoms with van der Waals surface area (Å²) < 4.78 is 91.9.